The molecular weight excluding hydrogens is 442 g/mol. The molecule has 1 aromatic rings. The Hall–Kier alpha value is -2.10. The summed E-state index contributed by atoms with van der Waals surface area (Å²) in [6.07, 6.45) is 6.23. The summed E-state index contributed by atoms with van der Waals surface area (Å²) in [5, 5.41) is 12.6. The number of nitrogens with one attached hydrogen (secondary N) is 1. The largest absolute Gasteiger partial charge is 0.480 e. The minimum atomic E-state index is -1.08. The molecule has 0 unspecified atom stereocenters. The molecule has 0 aliphatic carbocycles. The summed E-state index contributed by atoms with van der Waals surface area (Å²) in [4.78, 5) is 42.1. The lowest BCUT2D eigenvalue weighted by molar-refractivity contribution is -0.146. The maximum absolute atomic E-state index is 13.3. The van der Waals surface area contributed by atoms with Crippen molar-refractivity contribution >= 4 is 35.3 Å². The van der Waals surface area contributed by atoms with Crippen LogP contribution in [0, 0.1) is 0 Å². The van der Waals surface area contributed by atoms with Crippen molar-refractivity contribution in [1.82, 2.24) is 10.2 Å². The van der Waals surface area contributed by atoms with Gasteiger partial charge >= 0.3 is 11.9 Å². The van der Waals surface area contributed by atoms with E-state index in [9.17, 15) is 19.5 Å². The Kier molecular flexibility index (Phi) is 10.0. The molecule has 0 spiro atoms. The molecule has 182 valence electrons. The Morgan fingerprint density at radius 1 is 1.21 bits per heavy atom. The van der Waals surface area contributed by atoms with Crippen molar-refractivity contribution < 1.29 is 24.2 Å². The SMILES string of the molecule is CCOC(=O)[C@H](CCCCN1CCCCC1)N[C@H]1CSc2ccccc2N(CC(=O)O)C1=O. The highest BCUT2D eigenvalue weighted by Crippen LogP contribution is 2.34. The van der Waals surface area contributed by atoms with Crippen LogP contribution in [-0.2, 0) is 19.1 Å². The van der Waals surface area contributed by atoms with Crippen LogP contribution in [0.5, 0.6) is 0 Å². The van der Waals surface area contributed by atoms with Gasteiger partial charge in [0.2, 0.25) is 5.91 Å². The van der Waals surface area contributed by atoms with Crippen LogP contribution >= 0.6 is 11.8 Å². The van der Waals surface area contributed by atoms with Crippen LogP contribution in [0.15, 0.2) is 29.2 Å². The molecule has 0 saturated carbocycles. The average molecular weight is 478 g/mol. The van der Waals surface area contributed by atoms with Gasteiger partial charge in [-0.2, -0.15) is 0 Å². The number of benzene rings is 1. The maximum atomic E-state index is 13.3. The van der Waals surface area contributed by atoms with Crippen LogP contribution in [0.2, 0.25) is 0 Å². The predicted molar refractivity (Wildman–Crippen MR) is 129 cm³/mol. The first-order valence-electron chi connectivity index (χ1n) is 11.9. The summed E-state index contributed by atoms with van der Waals surface area (Å²) >= 11 is 1.49. The fourth-order valence-corrected chi connectivity index (χ4v) is 5.48. The molecule has 2 aliphatic heterocycles. The summed E-state index contributed by atoms with van der Waals surface area (Å²) in [6, 6.07) is 6.02. The number of rotatable bonds is 11. The molecule has 2 N–H and O–H groups in total. The van der Waals surface area contributed by atoms with Gasteiger partial charge in [-0.3, -0.25) is 24.6 Å². The molecule has 3 rings (SSSR count). The molecule has 0 bridgehead atoms. The number of ether oxygens (including phenoxy) is 1. The Morgan fingerprint density at radius 2 is 1.97 bits per heavy atom. The van der Waals surface area contributed by atoms with Crippen LogP contribution in [0.25, 0.3) is 0 Å². The highest BCUT2D eigenvalue weighted by Gasteiger charge is 2.34. The van der Waals surface area contributed by atoms with Crippen molar-refractivity contribution in [2.75, 3.05) is 43.4 Å². The van der Waals surface area contributed by atoms with Crippen LogP contribution in [0.3, 0.4) is 0 Å². The molecular formula is C24H35N3O5S. The van der Waals surface area contributed by atoms with E-state index >= 15 is 0 Å². The second-order valence-corrected chi connectivity index (χ2v) is 9.58. The summed E-state index contributed by atoms with van der Waals surface area (Å²) in [6.45, 7) is 4.93. The number of carbonyl (C=O) groups excluding carboxylic acids is 2. The number of thioether (sulfide) groups is 1. The van der Waals surface area contributed by atoms with Crippen molar-refractivity contribution in [2.45, 2.75) is 62.4 Å². The summed E-state index contributed by atoms with van der Waals surface area (Å²) in [5.41, 5.74) is 0.591. The maximum Gasteiger partial charge on any atom is 0.323 e. The molecule has 1 amide bonds. The van der Waals surface area contributed by atoms with E-state index < -0.39 is 24.6 Å². The van der Waals surface area contributed by atoms with Crippen LogP contribution < -0.4 is 10.2 Å². The lowest BCUT2D eigenvalue weighted by Crippen LogP contribution is -2.54. The van der Waals surface area contributed by atoms with Crippen LogP contribution in [-0.4, -0.2) is 78.5 Å². The van der Waals surface area contributed by atoms with Gasteiger partial charge in [-0.15, -0.1) is 11.8 Å². The Labute approximate surface area is 200 Å². The molecule has 9 heteroatoms. The lowest BCUT2D eigenvalue weighted by atomic mass is 10.1. The second kappa shape index (κ2) is 13.0. The number of amides is 1. The number of fused-ring (bicyclic) bond motifs is 1. The number of carboxylic acids is 1. The van der Waals surface area contributed by atoms with Crippen molar-refractivity contribution in [3.05, 3.63) is 24.3 Å². The third kappa shape index (κ3) is 7.45. The van der Waals surface area contributed by atoms with Crippen molar-refractivity contribution in [3.63, 3.8) is 0 Å². The minimum Gasteiger partial charge on any atom is -0.480 e. The smallest absolute Gasteiger partial charge is 0.323 e. The normalized spacial score (nSPS) is 20.1. The topological polar surface area (TPSA) is 99.2 Å². The van der Waals surface area contributed by atoms with Crippen LogP contribution in [0.4, 0.5) is 5.69 Å². The zero-order chi connectivity index (χ0) is 23.6. The van der Waals surface area contributed by atoms with E-state index in [1.165, 1.54) is 35.9 Å². The Balaban J connectivity index is 1.65. The third-order valence-corrected chi connectivity index (χ3v) is 7.21. The van der Waals surface area contributed by atoms with Crippen LogP contribution in [0.1, 0.15) is 45.4 Å². The van der Waals surface area contributed by atoms with Gasteiger partial charge in [0.25, 0.3) is 0 Å². The zero-order valence-electron chi connectivity index (χ0n) is 19.3. The highest BCUT2D eigenvalue weighted by molar-refractivity contribution is 7.99. The number of aliphatic carboxylic acids is 1. The van der Waals surface area contributed by atoms with Crippen molar-refractivity contribution in [2.24, 2.45) is 0 Å². The number of esters is 1. The second-order valence-electron chi connectivity index (χ2n) is 8.52. The van der Waals surface area contributed by atoms with E-state index in [1.54, 1.807) is 19.1 Å². The zero-order valence-corrected chi connectivity index (χ0v) is 20.1. The molecule has 33 heavy (non-hydrogen) atoms. The van der Waals surface area contributed by atoms with Gasteiger partial charge in [-0.25, -0.2) is 0 Å². The first-order chi connectivity index (χ1) is 16.0. The van der Waals surface area contributed by atoms with Gasteiger partial charge in [-0.1, -0.05) is 25.0 Å². The molecule has 8 nitrogen and oxygen atoms in total. The standard InChI is InChI=1S/C24H35N3O5S/c1-2-32-24(31)18(10-6-9-15-26-13-7-3-8-14-26)25-19-17-33-21-12-5-4-11-20(21)27(23(19)30)16-22(28)29/h4-5,11-12,18-19,25H,2-3,6-10,13-17H2,1H3,(H,28,29)/t18-,19-/m0/s1. The number of carboxylic acid groups (broad SMARTS) is 1. The van der Waals surface area contributed by atoms with Crippen molar-refractivity contribution in [1.29, 1.82) is 0 Å². The van der Waals surface area contributed by atoms with E-state index in [2.05, 4.69) is 10.2 Å². The van der Waals surface area contributed by atoms with Crippen molar-refractivity contribution in [3.8, 4) is 0 Å². The first kappa shape index (κ1) is 25.5. The number of para-hydroxylation sites is 1. The number of hydrogen-bond acceptors (Lipinski definition) is 7. The Bertz CT molecular complexity index is 815. The van der Waals surface area contributed by atoms with E-state index in [0.717, 1.165) is 37.4 Å². The fraction of sp³-hybridized carbons (Fsp3) is 0.625. The van der Waals surface area contributed by atoms with Gasteiger partial charge < -0.3 is 14.7 Å². The van der Waals surface area contributed by atoms with Gasteiger partial charge in [0, 0.05) is 10.6 Å². The highest BCUT2D eigenvalue weighted by atomic mass is 32.2. The molecule has 1 fully saturated rings. The molecule has 2 atom stereocenters. The number of unbranched alkanes of at least 4 members (excludes halogenated alkanes) is 1. The Morgan fingerprint density at radius 3 is 2.70 bits per heavy atom. The minimum absolute atomic E-state index is 0.273. The quantitative estimate of drug-likeness (QED) is 0.371. The number of hydrogen-bond donors (Lipinski definition) is 2. The molecule has 0 aromatic heterocycles. The molecule has 1 saturated heterocycles. The van der Waals surface area contributed by atoms with E-state index in [1.807, 2.05) is 12.1 Å². The van der Waals surface area contributed by atoms with E-state index in [-0.39, 0.29) is 18.5 Å². The molecule has 2 heterocycles. The summed E-state index contributed by atoms with van der Waals surface area (Å²) in [5.74, 6) is -1.36. The first-order valence-corrected chi connectivity index (χ1v) is 12.9. The van der Waals surface area contributed by atoms with E-state index in [4.69, 9.17) is 4.74 Å². The van der Waals surface area contributed by atoms with Gasteiger partial charge in [0.05, 0.1) is 18.3 Å². The summed E-state index contributed by atoms with van der Waals surface area (Å²) < 4.78 is 5.27. The number of carbonyl (C=O) groups is 3. The molecule has 2 aliphatic rings. The summed E-state index contributed by atoms with van der Waals surface area (Å²) in [7, 11) is 0. The van der Waals surface area contributed by atoms with Gasteiger partial charge in [-0.05, 0) is 64.4 Å². The predicted octanol–water partition coefficient (Wildman–Crippen LogP) is 2.76. The number of likely N-dealkylation sites (tertiary alicyclic amines) is 1. The number of nitrogens with zero attached hydrogens (tertiary/aromatic N) is 2. The third-order valence-electron chi connectivity index (χ3n) is 6.06. The van der Waals surface area contributed by atoms with Gasteiger partial charge in [0.1, 0.15) is 12.6 Å². The molecule has 1 aromatic carbocycles. The van der Waals surface area contributed by atoms with Gasteiger partial charge in [0.15, 0.2) is 0 Å². The fourth-order valence-electron chi connectivity index (χ4n) is 4.39. The average Bonchev–Trinajstić information content (AvgIpc) is 2.93. The molecule has 0 radical (unpaired) electrons. The monoisotopic (exact) mass is 477 g/mol. The number of piperidine rings is 1. The van der Waals surface area contributed by atoms with E-state index in [0.29, 0.717) is 17.9 Å². The lowest BCUT2D eigenvalue weighted by Gasteiger charge is -2.28. The number of anilines is 1.